The Labute approximate surface area is 112 Å². The van der Waals surface area contributed by atoms with Crippen molar-refractivity contribution in [1.29, 1.82) is 0 Å². The summed E-state index contributed by atoms with van der Waals surface area (Å²) in [7, 11) is -1.01. The van der Waals surface area contributed by atoms with E-state index in [2.05, 4.69) is 6.58 Å². The van der Waals surface area contributed by atoms with Gasteiger partial charge in [0, 0.05) is 21.1 Å². The Morgan fingerprint density at radius 1 is 1.21 bits per heavy atom. The zero-order valence-electron chi connectivity index (χ0n) is 11.2. The van der Waals surface area contributed by atoms with E-state index in [1.54, 1.807) is 24.3 Å². The minimum atomic E-state index is -3.52. The summed E-state index contributed by atoms with van der Waals surface area (Å²) in [6.07, 6.45) is -0.871. The summed E-state index contributed by atoms with van der Waals surface area (Å²) in [4.78, 5) is 11.2. The standard InChI is InChI=1S/C13H17O5P/c1-10(19(15,16-3)17-4)13(18-11(2)14)12-8-6-5-7-9-12/h5-9,13H,1H2,2-4H3. The van der Waals surface area contributed by atoms with Crippen LogP contribution >= 0.6 is 7.60 Å². The summed E-state index contributed by atoms with van der Waals surface area (Å²) in [6, 6.07) is 8.87. The van der Waals surface area contributed by atoms with Gasteiger partial charge in [-0.05, 0) is 5.56 Å². The van der Waals surface area contributed by atoms with E-state index < -0.39 is 19.7 Å². The molecule has 104 valence electrons. The number of benzene rings is 1. The van der Waals surface area contributed by atoms with Crippen molar-refractivity contribution in [3.05, 3.63) is 47.8 Å². The fraction of sp³-hybridized carbons (Fsp3) is 0.308. The molecule has 1 rings (SSSR count). The number of carbonyl (C=O) groups excluding carboxylic acids is 1. The van der Waals surface area contributed by atoms with Gasteiger partial charge in [-0.3, -0.25) is 9.36 Å². The molecular weight excluding hydrogens is 267 g/mol. The van der Waals surface area contributed by atoms with Gasteiger partial charge in [-0.15, -0.1) is 0 Å². The average molecular weight is 284 g/mol. The first-order valence-corrected chi connectivity index (χ1v) is 7.12. The monoisotopic (exact) mass is 284 g/mol. The third-order valence-corrected chi connectivity index (χ3v) is 4.42. The van der Waals surface area contributed by atoms with E-state index in [0.717, 1.165) is 0 Å². The third-order valence-electron chi connectivity index (χ3n) is 2.52. The zero-order valence-corrected chi connectivity index (χ0v) is 12.1. The molecule has 1 unspecified atom stereocenters. The number of rotatable bonds is 6. The second-order valence-electron chi connectivity index (χ2n) is 3.75. The quantitative estimate of drug-likeness (QED) is 0.592. The second kappa shape index (κ2) is 6.66. The van der Waals surface area contributed by atoms with Crippen LogP contribution in [0.25, 0.3) is 0 Å². The van der Waals surface area contributed by atoms with Crippen LogP contribution in [0.4, 0.5) is 0 Å². The molecule has 19 heavy (non-hydrogen) atoms. The Morgan fingerprint density at radius 3 is 2.16 bits per heavy atom. The Hall–Kier alpha value is -1.42. The van der Waals surface area contributed by atoms with Gasteiger partial charge in [0.2, 0.25) is 0 Å². The Bertz CT molecular complexity index is 489. The van der Waals surface area contributed by atoms with Gasteiger partial charge in [-0.25, -0.2) is 0 Å². The van der Waals surface area contributed by atoms with E-state index in [1.807, 2.05) is 6.07 Å². The first-order chi connectivity index (χ1) is 8.94. The lowest BCUT2D eigenvalue weighted by atomic mass is 10.1. The third kappa shape index (κ3) is 3.77. The van der Waals surface area contributed by atoms with Crippen molar-refractivity contribution in [1.82, 2.24) is 0 Å². The molecule has 0 fully saturated rings. The molecule has 0 aliphatic heterocycles. The first kappa shape index (κ1) is 15.6. The molecule has 1 aromatic carbocycles. The molecule has 1 aromatic rings. The number of esters is 1. The average Bonchev–Trinajstić information content (AvgIpc) is 2.44. The van der Waals surface area contributed by atoms with Crippen molar-refractivity contribution < 1.29 is 23.1 Å². The lowest BCUT2D eigenvalue weighted by molar-refractivity contribution is -0.144. The summed E-state index contributed by atoms with van der Waals surface area (Å²) in [5.74, 6) is -0.506. The Kier molecular flexibility index (Phi) is 5.48. The van der Waals surface area contributed by atoms with Gasteiger partial charge in [0.15, 0.2) is 6.10 Å². The summed E-state index contributed by atoms with van der Waals surface area (Å²) >= 11 is 0. The van der Waals surface area contributed by atoms with Gasteiger partial charge >= 0.3 is 13.6 Å². The smallest absolute Gasteiger partial charge is 0.360 e. The maximum Gasteiger partial charge on any atom is 0.360 e. The first-order valence-electron chi connectivity index (χ1n) is 5.57. The molecule has 0 aliphatic carbocycles. The highest BCUT2D eigenvalue weighted by molar-refractivity contribution is 7.58. The van der Waals surface area contributed by atoms with Crippen molar-refractivity contribution in [2.24, 2.45) is 0 Å². The van der Waals surface area contributed by atoms with E-state index in [0.29, 0.717) is 5.56 Å². The molecular formula is C13H17O5P. The topological polar surface area (TPSA) is 61.8 Å². The predicted molar refractivity (Wildman–Crippen MR) is 71.7 cm³/mol. The van der Waals surface area contributed by atoms with Gasteiger partial charge in [0.25, 0.3) is 0 Å². The van der Waals surface area contributed by atoms with Crippen LogP contribution in [0.15, 0.2) is 42.2 Å². The van der Waals surface area contributed by atoms with Crippen molar-refractivity contribution in [3.8, 4) is 0 Å². The van der Waals surface area contributed by atoms with Crippen LogP contribution in [-0.4, -0.2) is 20.2 Å². The van der Waals surface area contributed by atoms with E-state index in [4.69, 9.17) is 13.8 Å². The number of hydrogen-bond acceptors (Lipinski definition) is 5. The molecule has 1 atom stereocenters. The van der Waals surface area contributed by atoms with Crippen LogP contribution in [-0.2, 0) is 23.1 Å². The predicted octanol–water partition coefficient (Wildman–Crippen LogP) is 3.29. The van der Waals surface area contributed by atoms with Crippen LogP contribution in [0.5, 0.6) is 0 Å². The highest BCUT2D eigenvalue weighted by Gasteiger charge is 2.34. The molecule has 0 radical (unpaired) electrons. The van der Waals surface area contributed by atoms with Gasteiger partial charge in [0.05, 0.1) is 5.31 Å². The fourth-order valence-electron chi connectivity index (χ4n) is 1.57. The van der Waals surface area contributed by atoms with Gasteiger partial charge in [0.1, 0.15) is 0 Å². The summed E-state index contributed by atoms with van der Waals surface area (Å²) < 4.78 is 27.2. The zero-order chi connectivity index (χ0) is 14.5. The maximum atomic E-state index is 12.3. The number of carbonyl (C=O) groups is 1. The van der Waals surface area contributed by atoms with E-state index >= 15 is 0 Å². The van der Waals surface area contributed by atoms with Crippen LogP contribution in [0, 0.1) is 0 Å². The molecule has 0 aliphatic rings. The molecule has 0 N–H and O–H groups in total. The van der Waals surface area contributed by atoms with Crippen LogP contribution in [0.2, 0.25) is 0 Å². The minimum Gasteiger partial charge on any atom is -0.452 e. The number of ether oxygens (including phenoxy) is 1. The molecule has 0 aromatic heterocycles. The summed E-state index contributed by atoms with van der Waals surface area (Å²) in [5.41, 5.74) is 0.650. The molecule has 0 amide bonds. The Balaban J connectivity index is 3.15. The van der Waals surface area contributed by atoms with Gasteiger partial charge in [-0.2, -0.15) is 0 Å². The van der Waals surface area contributed by atoms with E-state index in [1.165, 1.54) is 21.1 Å². The lowest BCUT2D eigenvalue weighted by Crippen LogP contribution is -2.12. The minimum absolute atomic E-state index is 0.0823. The molecule has 0 heterocycles. The molecule has 5 nitrogen and oxygen atoms in total. The molecule has 0 saturated heterocycles. The normalized spacial score (nSPS) is 12.8. The van der Waals surface area contributed by atoms with E-state index in [-0.39, 0.29) is 5.31 Å². The fourth-order valence-corrected chi connectivity index (χ4v) is 2.68. The highest BCUT2D eigenvalue weighted by Crippen LogP contribution is 2.58. The Morgan fingerprint density at radius 2 is 1.74 bits per heavy atom. The lowest BCUT2D eigenvalue weighted by Gasteiger charge is -2.24. The van der Waals surface area contributed by atoms with Gasteiger partial charge in [-0.1, -0.05) is 36.9 Å². The van der Waals surface area contributed by atoms with Crippen LogP contribution < -0.4 is 0 Å². The molecule has 0 spiro atoms. The second-order valence-corrected chi connectivity index (χ2v) is 6.05. The largest absolute Gasteiger partial charge is 0.452 e. The molecule has 0 bridgehead atoms. The van der Waals surface area contributed by atoms with Crippen molar-refractivity contribution in [3.63, 3.8) is 0 Å². The van der Waals surface area contributed by atoms with Crippen molar-refractivity contribution in [2.75, 3.05) is 14.2 Å². The van der Waals surface area contributed by atoms with Crippen LogP contribution in [0.3, 0.4) is 0 Å². The summed E-state index contributed by atoms with van der Waals surface area (Å²) in [5, 5.41) is 0.0823. The highest BCUT2D eigenvalue weighted by atomic mass is 31.2. The molecule has 0 saturated carbocycles. The van der Waals surface area contributed by atoms with Crippen molar-refractivity contribution >= 4 is 13.6 Å². The summed E-state index contributed by atoms with van der Waals surface area (Å²) in [6.45, 7) is 4.98. The SMILES string of the molecule is C=C(C(OC(C)=O)c1ccccc1)P(=O)(OC)OC. The van der Waals surface area contributed by atoms with Crippen molar-refractivity contribution in [2.45, 2.75) is 13.0 Å². The van der Waals surface area contributed by atoms with Gasteiger partial charge < -0.3 is 13.8 Å². The van der Waals surface area contributed by atoms with E-state index in [9.17, 15) is 9.36 Å². The maximum absolute atomic E-state index is 12.3. The number of hydrogen-bond donors (Lipinski definition) is 0. The molecule has 6 heteroatoms. The van der Waals surface area contributed by atoms with Crippen LogP contribution in [0.1, 0.15) is 18.6 Å².